The zero-order valence-corrected chi connectivity index (χ0v) is 13.3. The number of thiazole rings is 1. The summed E-state index contributed by atoms with van der Waals surface area (Å²) in [5.41, 5.74) is 2.14. The van der Waals surface area contributed by atoms with E-state index in [0.29, 0.717) is 5.92 Å². The maximum absolute atomic E-state index is 5.93. The van der Waals surface area contributed by atoms with E-state index in [0.717, 1.165) is 35.7 Å². The van der Waals surface area contributed by atoms with Crippen LogP contribution in [0.5, 0.6) is 0 Å². The van der Waals surface area contributed by atoms with E-state index in [2.05, 4.69) is 19.2 Å². The van der Waals surface area contributed by atoms with Crippen molar-refractivity contribution in [1.82, 2.24) is 4.98 Å². The van der Waals surface area contributed by atoms with Crippen molar-refractivity contribution in [3.05, 3.63) is 39.7 Å². The van der Waals surface area contributed by atoms with Crippen molar-refractivity contribution in [1.29, 1.82) is 0 Å². The Morgan fingerprint density at radius 2 is 2.05 bits per heavy atom. The van der Waals surface area contributed by atoms with Gasteiger partial charge in [0.1, 0.15) is 0 Å². The number of benzene rings is 1. The molecular weight excluding hydrogens is 290 g/mol. The van der Waals surface area contributed by atoms with Crippen LogP contribution < -0.4 is 0 Å². The molecule has 0 bridgehead atoms. The van der Waals surface area contributed by atoms with Gasteiger partial charge in [-0.25, -0.2) is 4.98 Å². The highest BCUT2D eigenvalue weighted by atomic mass is 35.5. The van der Waals surface area contributed by atoms with Crippen LogP contribution in [0.25, 0.3) is 11.3 Å². The number of hydrogen-bond acceptors (Lipinski definition) is 3. The van der Waals surface area contributed by atoms with Crippen molar-refractivity contribution in [3.63, 3.8) is 0 Å². The summed E-state index contributed by atoms with van der Waals surface area (Å²) in [6.45, 7) is 5.15. The van der Waals surface area contributed by atoms with E-state index in [4.69, 9.17) is 21.3 Å². The van der Waals surface area contributed by atoms with Crippen LogP contribution in [0.15, 0.2) is 29.6 Å². The van der Waals surface area contributed by atoms with Crippen LogP contribution in [0.2, 0.25) is 5.02 Å². The molecule has 1 atom stereocenters. The van der Waals surface area contributed by atoms with Crippen molar-refractivity contribution >= 4 is 22.9 Å². The lowest BCUT2D eigenvalue weighted by Crippen LogP contribution is -2.32. The SMILES string of the molecule is CC1(C)CC(c2nc(-c3ccc(Cl)cc3)cs2)CCO1. The number of nitrogens with zero attached hydrogens (tertiary/aromatic N) is 1. The van der Waals surface area contributed by atoms with Crippen LogP contribution in [0.4, 0.5) is 0 Å². The molecule has 0 spiro atoms. The molecule has 0 amide bonds. The van der Waals surface area contributed by atoms with Gasteiger partial charge < -0.3 is 4.74 Å². The van der Waals surface area contributed by atoms with E-state index in [1.54, 1.807) is 11.3 Å². The zero-order valence-electron chi connectivity index (χ0n) is 11.7. The van der Waals surface area contributed by atoms with Crippen molar-refractivity contribution < 1.29 is 4.74 Å². The third-order valence-electron chi connectivity index (χ3n) is 3.71. The van der Waals surface area contributed by atoms with Crippen molar-refractivity contribution in [2.24, 2.45) is 0 Å². The largest absolute Gasteiger partial charge is 0.376 e. The van der Waals surface area contributed by atoms with Gasteiger partial charge in [0.05, 0.1) is 16.3 Å². The minimum atomic E-state index is -0.0327. The monoisotopic (exact) mass is 307 g/mol. The standard InChI is InChI=1S/C16H18ClNOS/c1-16(2)9-12(7-8-19-16)15-18-14(10-20-15)11-3-5-13(17)6-4-11/h3-6,10,12H,7-9H2,1-2H3. The fourth-order valence-electron chi connectivity index (χ4n) is 2.67. The Bertz CT molecular complexity index is 591. The molecule has 1 saturated heterocycles. The van der Waals surface area contributed by atoms with Crippen molar-refractivity contribution in [3.8, 4) is 11.3 Å². The minimum absolute atomic E-state index is 0.0327. The summed E-state index contributed by atoms with van der Waals surface area (Å²) in [7, 11) is 0. The second-order valence-electron chi connectivity index (χ2n) is 5.88. The lowest BCUT2D eigenvalue weighted by molar-refractivity contribution is -0.0593. The van der Waals surface area contributed by atoms with E-state index < -0.39 is 0 Å². The summed E-state index contributed by atoms with van der Waals surface area (Å²) in [5.74, 6) is 0.518. The number of aromatic nitrogens is 1. The molecule has 3 rings (SSSR count). The molecule has 1 aromatic heterocycles. The topological polar surface area (TPSA) is 22.1 Å². The molecule has 2 heterocycles. The number of rotatable bonds is 2. The van der Waals surface area contributed by atoms with Crippen molar-refractivity contribution in [2.75, 3.05) is 6.61 Å². The van der Waals surface area contributed by atoms with Gasteiger partial charge in [-0.15, -0.1) is 11.3 Å². The highest BCUT2D eigenvalue weighted by molar-refractivity contribution is 7.10. The molecule has 1 fully saturated rings. The first-order valence-corrected chi connectivity index (χ1v) is 8.15. The first-order chi connectivity index (χ1) is 9.53. The molecule has 4 heteroatoms. The third-order valence-corrected chi connectivity index (χ3v) is 4.97. The fourth-order valence-corrected chi connectivity index (χ4v) is 3.76. The van der Waals surface area contributed by atoms with Crippen LogP contribution in [0.1, 0.15) is 37.6 Å². The second-order valence-corrected chi connectivity index (χ2v) is 7.20. The fraction of sp³-hybridized carbons (Fsp3) is 0.438. The molecular formula is C16H18ClNOS. The summed E-state index contributed by atoms with van der Waals surface area (Å²) >= 11 is 7.68. The van der Waals surface area contributed by atoms with Gasteiger partial charge in [-0.2, -0.15) is 0 Å². The highest BCUT2D eigenvalue weighted by Crippen LogP contribution is 2.38. The quantitative estimate of drug-likeness (QED) is 0.766. The zero-order chi connectivity index (χ0) is 14.2. The molecule has 20 heavy (non-hydrogen) atoms. The van der Waals surface area contributed by atoms with E-state index in [-0.39, 0.29) is 5.60 Å². The van der Waals surface area contributed by atoms with E-state index in [1.807, 2.05) is 24.3 Å². The molecule has 0 radical (unpaired) electrons. The summed E-state index contributed by atoms with van der Waals surface area (Å²) in [5, 5.41) is 4.13. The lowest BCUT2D eigenvalue weighted by atomic mass is 9.89. The highest BCUT2D eigenvalue weighted by Gasteiger charge is 2.31. The van der Waals surface area contributed by atoms with E-state index >= 15 is 0 Å². The molecule has 1 aromatic carbocycles. The van der Waals surface area contributed by atoms with Gasteiger partial charge in [0.2, 0.25) is 0 Å². The predicted molar refractivity (Wildman–Crippen MR) is 84.6 cm³/mol. The Kier molecular flexibility index (Phi) is 3.85. The maximum Gasteiger partial charge on any atom is 0.0965 e. The summed E-state index contributed by atoms with van der Waals surface area (Å²) < 4.78 is 5.78. The Hall–Kier alpha value is -0.900. The minimum Gasteiger partial charge on any atom is -0.376 e. The Balaban J connectivity index is 1.81. The van der Waals surface area contributed by atoms with E-state index in [1.165, 1.54) is 5.01 Å². The Labute approximate surface area is 128 Å². The van der Waals surface area contributed by atoms with E-state index in [9.17, 15) is 0 Å². The predicted octanol–water partition coefficient (Wildman–Crippen LogP) is 5.14. The molecule has 106 valence electrons. The summed E-state index contributed by atoms with van der Waals surface area (Å²) in [6.07, 6.45) is 2.11. The molecule has 0 N–H and O–H groups in total. The third kappa shape index (κ3) is 3.05. The second kappa shape index (κ2) is 5.47. The molecule has 1 aliphatic rings. The summed E-state index contributed by atoms with van der Waals surface area (Å²) in [6, 6.07) is 7.87. The van der Waals surface area contributed by atoms with Crippen LogP contribution >= 0.6 is 22.9 Å². The molecule has 1 unspecified atom stereocenters. The van der Waals surface area contributed by atoms with Gasteiger partial charge in [-0.1, -0.05) is 23.7 Å². The van der Waals surface area contributed by atoms with Crippen molar-refractivity contribution in [2.45, 2.75) is 38.2 Å². The average molecular weight is 308 g/mol. The number of hydrogen-bond donors (Lipinski definition) is 0. The summed E-state index contributed by atoms with van der Waals surface area (Å²) in [4.78, 5) is 4.82. The first kappa shape index (κ1) is 14.1. The van der Waals surface area contributed by atoms with Gasteiger partial charge in [0.15, 0.2) is 0 Å². The average Bonchev–Trinajstić information content (AvgIpc) is 2.88. The molecule has 0 aliphatic carbocycles. The smallest absolute Gasteiger partial charge is 0.0965 e. The lowest BCUT2D eigenvalue weighted by Gasteiger charge is -2.34. The maximum atomic E-state index is 5.93. The van der Waals surface area contributed by atoms with Gasteiger partial charge in [0, 0.05) is 28.5 Å². The molecule has 2 nitrogen and oxygen atoms in total. The molecule has 2 aromatic rings. The van der Waals surface area contributed by atoms with Gasteiger partial charge in [-0.3, -0.25) is 0 Å². The number of ether oxygens (including phenoxy) is 1. The normalized spacial score (nSPS) is 21.9. The van der Waals surface area contributed by atoms with Gasteiger partial charge in [0.25, 0.3) is 0 Å². The van der Waals surface area contributed by atoms with Gasteiger partial charge in [-0.05, 0) is 38.8 Å². The van der Waals surface area contributed by atoms with Gasteiger partial charge >= 0.3 is 0 Å². The molecule has 1 aliphatic heterocycles. The van der Waals surface area contributed by atoms with Crippen LogP contribution in [0, 0.1) is 0 Å². The van der Waals surface area contributed by atoms with Crippen LogP contribution in [-0.2, 0) is 4.74 Å². The molecule has 0 saturated carbocycles. The Morgan fingerprint density at radius 1 is 1.30 bits per heavy atom. The van der Waals surface area contributed by atoms with Crippen LogP contribution in [-0.4, -0.2) is 17.2 Å². The first-order valence-electron chi connectivity index (χ1n) is 6.89. The van der Waals surface area contributed by atoms with Crippen LogP contribution in [0.3, 0.4) is 0 Å². The number of halogens is 1. The Morgan fingerprint density at radius 3 is 2.75 bits per heavy atom.